The molecule has 1 unspecified atom stereocenters. The number of allylic oxidation sites excluding steroid dienone is 4. The van der Waals surface area contributed by atoms with Crippen LogP contribution in [0.4, 0.5) is 0 Å². The molecule has 1 N–H and O–H groups in total. The summed E-state index contributed by atoms with van der Waals surface area (Å²) >= 11 is 0. The molecule has 0 radical (unpaired) electrons. The van der Waals surface area contributed by atoms with Crippen LogP contribution in [0.2, 0.25) is 18.1 Å². The molecule has 0 saturated heterocycles. The van der Waals surface area contributed by atoms with Crippen LogP contribution in [0.15, 0.2) is 23.8 Å². The first-order valence-corrected chi connectivity index (χ1v) is 15.5. The van der Waals surface area contributed by atoms with Gasteiger partial charge in [-0.25, -0.2) is 0 Å². The average molecular weight is 465 g/mol. The summed E-state index contributed by atoms with van der Waals surface area (Å²) < 4.78 is 6.81. The molecule has 184 valence electrons. The molecule has 0 saturated carbocycles. The minimum atomic E-state index is -1.84. The average Bonchev–Trinajstić information content (AvgIpc) is 2.95. The van der Waals surface area contributed by atoms with Gasteiger partial charge in [-0.1, -0.05) is 70.8 Å². The van der Waals surface area contributed by atoms with E-state index in [1.54, 1.807) is 0 Å². The maximum Gasteiger partial charge on any atom is 0.303 e. The van der Waals surface area contributed by atoms with Crippen molar-refractivity contribution in [2.75, 3.05) is 0 Å². The molecule has 4 nitrogen and oxygen atoms in total. The number of carboxylic acids is 1. The summed E-state index contributed by atoms with van der Waals surface area (Å²) in [6.45, 7) is 15.9. The maximum atomic E-state index is 12.7. The first-order chi connectivity index (χ1) is 14.8. The summed E-state index contributed by atoms with van der Waals surface area (Å²) in [6.07, 6.45) is 16.0. The lowest BCUT2D eigenvalue weighted by atomic mass is 9.77. The minimum absolute atomic E-state index is 0.193. The van der Waals surface area contributed by atoms with Crippen LogP contribution in [0.3, 0.4) is 0 Å². The molecule has 0 aromatic carbocycles. The zero-order valence-electron chi connectivity index (χ0n) is 21.8. The van der Waals surface area contributed by atoms with E-state index in [0.717, 1.165) is 25.7 Å². The van der Waals surface area contributed by atoms with Gasteiger partial charge < -0.3 is 9.53 Å². The molecule has 0 amide bonds. The van der Waals surface area contributed by atoms with Crippen LogP contribution in [0.1, 0.15) is 105 Å². The van der Waals surface area contributed by atoms with E-state index in [2.05, 4.69) is 59.9 Å². The number of Topliss-reactive ketones (excluding diaryl/α,β-unsaturated/α-hetero) is 1. The Bertz CT molecular complexity index is 672. The number of rotatable bonds is 15. The van der Waals surface area contributed by atoms with E-state index in [1.807, 2.05) is 6.08 Å². The summed E-state index contributed by atoms with van der Waals surface area (Å²) in [5.41, 5.74) is 0.839. The zero-order chi connectivity index (χ0) is 24.4. The second kappa shape index (κ2) is 12.9. The van der Waals surface area contributed by atoms with Gasteiger partial charge in [0, 0.05) is 18.9 Å². The minimum Gasteiger partial charge on any atom is -0.481 e. The molecule has 5 heteroatoms. The maximum absolute atomic E-state index is 12.7. The molecule has 0 aliphatic heterocycles. The topological polar surface area (TPSA) is 63.6 Å². The van der Waals surface area contributed by atoms with E-state index >= 15 is 0 Å². The highest BCUT2D eigenvalue weighted by Gasteiger charge is 2.41. The number of carbonyl (C=O) groups excluding carboxylic acids is 1. The smallest absolute Gasteiger partial charge is 0.303 e. The Morgan fingerprint density at radius 1 is 1.22 bits per heavy atom. The van der Waals surface area contributed by atoms with E-state index in [0.29, 0.717) is 25.0 Å². The van der Waals surface area contributed by atoms with Crippen molar-refractivity contribution >= 4 is 20.1 Å². The number of carbonyl (C=O) groups is 2. The van der Waals surface area contributed by atoms with Gasteiger partial charge in [0.1, 0.15) is 5.78 Å². The van der Waals surface area contributed by atoms with Crippen molar-refractivity contribution in [1.82, 2.24) is 0 Å². The lowest BCUT2D eigenvalue weighted by Gasteiger charge is -2.39. The van der Waals surface area contributed by atoms with E-state index in [9.17, 15) is 9.59 Å². The number of hydrogen-bond donors (Lipinski definition) is 1. The van der Waals surface area contributed by atoms with Gasteiger partial charge in [-0.2, -0.15) is 0 Å². The SMILES string of the molecule is CCCCCC(CCC1=CCC(=O)[C@]1(C)C/C=C\CCCC(=O)O)O[Si](C)(C)C(C)(C)C. The standard InChI is InChI=1S/C27H48O4Si/c1-8-9-12-15-23(31-32(6,7)26(2,3)4)19-17-22-18-20-24(28)27(22,5)21-14-11-10-13-16-25(29)30/h11,14,18,23H,8-10,12-13,15-17,19-21H2,1-7H3,(H,29,30)/b14-11-/t23?,27-/m1/s1. The molecule has 1 rings (SSSR count). The largest absolute Gasteiger partial charge is 0.481 e. The fraction of sp³-hybridized carbons (Fsp3) is 0.778. The molecular formula is C27H48O4Si. The molecule has 0 bridgehead atoms. The second-order valence-electron chi connectivity index (χ2n) is 11.2. The van der Waals surface area contributed by atoms with Gasteiger partial charge in [-0.15, -0.1) is 0 Å². The molecule has 32 heavy (non-hydrogen) atoms. The molecular weight excluding hydrogens is 416 g/mol. The normalized spacial score (nSPS) is 20.7. The van der Waals surface area contributed by atoms with Gasteiger partial charge in [0.15, 0.2) is 8.32 Å². The van der Waals surface area contributed by atoms with Crippen LogP contribution >= 0.6 is 0 Å². The third kappa shape index (κ3) is 8.97. The fourth-order valence-corrected chi connectivity index (χ4v) is 5.49. The highest BCUT2D eigenvalue weighted by molar-refractivity contribution is 6.74. The molecule has 1 aliphatic rings. The predicted molar refractivity (Wildman–Crippen MR) is 137 cm³/mol. The Kier molecular flexibility index (Phi) is 11.6. The number of hydrogen-bond acceptors (Lipinski definition) is 3. The van der Waals surface area contributed by atoms with Gasteiger partial charge in [0.25, 0.3) is 0 Å². The number of ketones is 1. The summed E-state index contributed by atoms with van der Waals surface area (Å²) in [5.74, 6) is -0.453. The van der Waals surface area contributed by atoms with E-state index in [4.69, 9.17) is 9.53 Å². The van der Waals surface area contributed by atoms with E-state index in [1.165, 1.54) is 24.8 Å². The molecule has 2 atom stereocenters. The summed E-state index contributed by atoms with van der Waals surface area (Å²) in [6, 6.07) is 0. The Balaban J connectivity index is 2.75. The molecule has 1 aliphatic carbocycles. The molecule has 0 aromatic heterocycles. The van der Waals surface area contributed by atoms with Crippen LogP contribution in [0, 0.1) is 5.41 Å². The van der Waals surface area contributed by atoms with Gasteiger partial charge in [-0.05, 0) is 63.6 Å². The van der Waals surface area contributed by atoms with Crippen molar-refractivity contribution in [3.63, 3.8) is 0 Å². The number of unbranched alkanes of at least 4 members (excludes halogenated alkanes) is 3. The molecule has 0 spiro atoms. The van der Waals surface area contributed by atoms with Gasteiger partial charge in [0.2, 0.25) is 0 Å². The van der Waals surface area contributed by atoms with Gasteiger partial charge >= 0.3 is 5.97 Å². The Morgan fingerprint density at radius 2 is 1.91 bits per heavy atom. The van der Waals surface area contributed by atoms with Crippen LogP contribution < -0.4 is 0 Å². The third-order valence-corrected chi connectivity index (χ3v) is 12.0. The Labute approximate surface area is 198 Å². The third-order valence-electron chi connectivity index (χ3n) is 7.45. The number of carboxylic acid groups (broad SMARTS) is 1. The first kappa shape index (κ1) is 28.8. The molecule has 0 aromatic rings. The van der Waals surface area contributed by atoms with Crippen molar-refractivity contribution in [3.8, 4) is 0 Å². The quantitative estimate of drug-likeness (QED) is 0.152. The highest BCUT2D eigenvalue weighted by Crippen LogP contribution is 2.43. The van der Waals surface area contributed by atoms with E-state index < -0.39 is 19.7 Å². The lowest BCUT2D eigenvalue weighted by Crippen LogP contribution is -2.44. The van der Waals surface area contributed by atoms with Crippen LogP contribution in [-0.2, 0) is 14.0 Å². The lowest BCUT2D eigenvalue weighted by molar-refractivity contribution is -0.137. The first-order valence-electron chi connectivity index (χ1n) is 12.6. The second-order valence-corrected chi connectivity index (χ2v) is 15.9. The summed E-state index contributed by atoms with van der Waals surface area (Å²) in [5, 5.41) is 8.95. The highest BCUT2D eigenvalue weighted by atomic mass is 28.4. The monoisotopic (exact) mass is 464 g/mol. The molecule has 0 heterocycles. The van der Waals surface area contributed by atoms with Crippen LogP contribution in [0.25, 0.3) is 0 Å². The van der Waals surface area contributed by atoms with Crippen LogP contribution in [0.5, 0.6) is 0 Å². The predicted octanol–water partition coefficient (Wildman–Crippen LogP) is 7.84. The molecule has 0 fully saturated rings. The summed E-state index contributed by atoms with van der Waals surface area (Å²) in [7, 11) is -1.84. The van der Waals surface area contributed by atoms with Crippen molar-refractivity contribution in [2.45, 2.75) is 129 Å². The van der Waals surface area contributed by atoms with Crippen molar-refractivity contribution in [2.24, 2.45) is 5.41 Å². The van der Waals surface area contributed by atoms with Gasteiger partial charge in [-0.3, -0.25) is 9.59 Å². The van der Waals surface area contributed by atoms with Crippen LogP contribution in [-0.4, -0.2) is 31.3 Å². The Morgan fingerprint density at radius 3 is 2.50 bits per heavy atom. The van der Waals surface area contributed by atoms with Crippen molar-refractivity contribution < 1.29 is 19.1 Å². The fourth-order valence-electron chi connectivity index (χ4n) is 4.07. The Hall–Kier alpha value is -1.20. The van der Waals surface area contributed by atoms with Crippen molar-refractivity contribution in [3.05, 3.63) is 23.8 Å². The van der Waals surface area contributed by atoms with Crippen molar-refractivity contribution in [1.29, 1.82) is 0 Å². The summed E-state index contributed by atoms with van der Waals surface area (Å²) in [4.78, 5) is 23.4. The van der Waals surface area contributed by atoms with E-state index in [-0.39, 0.29) is 17.6 Å². The zero-order valence-corrected chi connectivity index (χ0v) is 22.8. The van der Waals surface area contributed by atoms with Gasteiger partial charge in [0.05, 0.1) is 5.41 Å². The number of aliphatic carboxylic acids is 1.